The zero-order valence-corrected chi connectivity index (χ0v) is 22.8. The molecule has 1 atom stereocenters. The molecule has 196 valence electrons. The Hall–Kier alpha value is -3.02. The van der Waals surface area contributed by atoms with Gasteiger partial charge in [-0.05, 0) is 76.6 Å². The van der Waals surface area contributed by atoms with E-state index in [1.54, 1.807) is 13.8 Å². The molecule has 0 amide bonds. The molecule has 0 saturated carbocycles. The minimum absolute atomic E-state index is 0.161. The van der Waals surface area contributed by atoms with E-state index in [1.807, 2.05) is 57.2 Å². The van der Waals surface area contributed by atoms with Crippen LogP contribution in [0.25, 0.3) is 0 Å². The molecule has 0 aromatic heterocycles. The molecule has 0 unspecified atom stereocenters. The van der Waals surface area contributed by atoms with E-state index in [2.05, 4.69) is 30.9 Å². The van der Waals surface area contributed by atoms with Gasteiger partial charge in [-0.15, -0.1) is 0 Å². The molecule has 0 radical (unpaired) electrons. The van der Waals surface area contributed by atoms with Gasteiger partial charge in [-0.1, -0.05) is 44.2 Å². The molecule has 1 heterocycles. The molecule has 36 heavy (non-hydrogen) atoms. The Labute approximate surface area is 215 Å². The third-order valence-electron chi connectivity index (χ3n) is 6.23. The maximum Gasteiger partial charge on any atom is 0.350 e. The second kappa shape index (κ2) is 11.4. The van der Waals surface area contributed by atoms with Gasteiger partial charge in [-0.3, -0.25) is 4.79 Å². The monoisotopic (exact) mass is 495 g/mol. The number of benzene rings is 2. The standard InChI is InChI=1S/C30H41NO5/c1-21(2)23-15-13-22(14-16-23)20-34-27(32)24-10-9-17-31(19-24)25-11-8-12-26(18-25)35-30(6,7)28(33)36-29(3,4)5/h8,11-16,18,21,24H,9-10,17,19-20H2,1-7H3/t24-/m1/s1. The lowest BCUT2D eigenvalue weighted by Crippen LogP contribution is -2.43. The summed E-state index contributed by atoms with van der Waals surface area (Å²) in [7, 11) is 0. The van der Waals surface area contributed by atoms with Gasteiger partial charge in [0.2, 0.25) is 0 Å². The number of hydrogen-bond donors (Lipinski definition) is 0. The van der Waals surface area contributed by atoms with Crippen molar-refractivity contribution < 1.29 is 23.8 Å². The van der Waals surface area contributed by atoms with E-state index >= 15 is 0 Å². The highest BCUT2D eigenvalue weighted by Gasteiger charge is 2.35. The van der Waals surface area contributed by atoms with Gasteiger partial charge in [0.25, 0.3) is 0 Å². The van der Waals surface area contributed by atoms with Gasteiger partial charge in [0.05, 0.1) is 5.92 Å². The van der Waals surface area contributed by atoms with Gasteiger partial charge < -0.3 is 19.1 Å². The van der Waals surface area contributed by atoms with Crippen LogP contribution >= 0.6 is 0 Å². The zero-order valence-electron chi connectivity index (χ0n) is 22.8. The SMILES string of the molecule is CC(C)c1ccc(COC(=O)[C@@H]2CCCN(c3cccc(OC(C)(C)C(=O)OC(C)(C)C)c3)C2)cc1. The van der Waals surface area contributed by atoms with Gasteiger partial charge in [-0.25, -0.2) is 4.79 Å². The normalized spacial score (nSPS) is 16.6. The van der Waals surface area contributed by atoms with Crippen molar-refractivity contribution in [3.05, 3.63) is 59.7 Å². The number of hydrogen-bond acceptors (Lipinski definition) is 6. The van der Waals surface area contributed by atoms with Crippen molar-refractivity contribution in [1.29, 1.82) is 0 Å². The summed E-state index contributed by atoms with van der Waals surface area (Å²) in [6.45, 7) is 15.0. The lowest BCUT2D eigenvalue weighted by atomic mass is 9.97. The Morgan fingerprint density at radius 3 is 2.36 bits per heavy atom. The summed E-state index contributed by atoms with van der Waals surface area (Å²) in [5, 5.41) is 0. The lowest BCUT2D eigenvalue weighted by molar-refractivity contribution is -0.171. The van der Waals surface area contributed by atoms with Gasteiger partial charge in [0.1, 0.15) is 18.0 Å². The van der Waals surface area contributed by atoms with Crippen molar-refractivity contribution in [1.82, 2.24) is 0 Å². The maximum absolute atomic E-state index is 12.8. The van der Waals surface area contributed by atoms with Crippen LogP contribution < -0.4 is 9.64 Å². The molecule has 3 rings (SSSR count). The summed E-state index contributed by atoms with van der Waals surface area (Å²) in [5.41, 5.74) is 1.50. The number of esters is 2. The van der Waals surface area contributed by atoms with E-state index in [4.69, 9.17) is 14.2 Å². The van der Waals surface area contributed by atoms with Crippen LogP contribution in [0.2, 0.25) is 0 Å². The minimum Gasteiger partial charge on any atom is -0.476 e. The Balaban J connectivity index is 1.59. The van der Waals surface area contributed by atoms with Gasteiger partial charge >= 0.3 is 11.9 Å². The van der Waals surface area contributed by atoms with Crippen LogP contribution in [0.1, 0.15) is 78.4 Å². The van der Waals surface area contributed by atoms with E-state index in [0.717, 1.165) is 30.6 Å². The molecule has 1 aliphatic rings. The predicted octanol–water partition coefficient (Wildman–Crippen LogP) is 6.27. The first-order chi connectivity index (χ1) is 16.8. The van der Waals surface area contributed by atoms with Crippen molar-refractivity contribution in [2.24, 2.45) is 5.92 Å². The Morgan fingerprint density at radius 1 is 1.03 bits per heavy atom. The molecular weight excluding hydrogens is 454 g/mol. The fourth-order valence-electron chi connectivity index (χ4n) is 4.16. The molecule has 6 nitrogen and oxygen atoms in total. The van der Waals surface area contributed by atoms with Gasteiger partial charge in [0, 0.05) is 24.8 Å². The quantitative estimate of drug-likeness (QED) is 0.402. The number of carbonyl (C=O) groups excluding carboxylic acids is 2. The highest BCUT2D eigenvalue weighted by atomic mass is 16.6. The number of ether oxygens (including phenoxy) is 3. The highest BCUT2D eigenvalue weighted by molar-refractivity contribution is 5.79. The van der Waals surface area contributed by atoms with Crippen LogP contribution in [0, 0.1) is 5.92 Å². The number of nitrogens with zero attached hydrogens (tertiary/aromatic N) is 1. The van der Waals surface area contributed by atoms with Crippen molar-refractivity contribution in [2.45, 2.75) is 85.0 Å². The van der Waals surface area contributed by atoms with E-state index in [1.165, 1.54) is 5.56 Å². The molecule has 1 aliphatic heterocycles. The second-order valence-electron chi connectivity index (χ2n) is 11.4. The smallest absolute Gasteiger partial charge is 0.350 e. The van der Waals surface area contributed by atoms with Crippen LogP contribution in [0.3, 0.4) is 0 Å². The van der Waals surface area contributed by atoms with Crippen molar-refractivity contribution in [2.75, 3.05) is 18.0 Å². The van der Waals surface area contributed by atoms with Gasteiger partial charge in [-0.2, -0.15) is 0 Å². The summed E-state index contributed by atoms with van der Waals surface area (Å²) in [5.74, 6) is 0.294. The third-order valence-corrected chi connectivity index (χ3v) is 6.23. The first kappa shape index (κ1) is 27.6. The average Bonchev–Trinajstić information content (AvgIpc) is 2.81. The zero-order chi connectivity index (χ0) is 26.5. The summed E-state index contributed by atoms with van der Waals surface area (Å²) in [6, 6.07) is 15.9. The third kappa shape index (κ3) is 7.74. The summed E-state index contributed by atoms with van der Waals surface area (Å²) in [4.78, 5) is 27.6. The first-order valence-corrected chi connectivity index (χ1v) is 12.9. The molecule has 1 saturated heterocycles. The fraction of sp³-hybridized carbons (Fsp3) is 0.533. The average molecular weight is 496 g/mol. The van der Waals surface area contributed by atoms with Crippen molar-refractivity contribution in [3.8, 4) is 5.75 Å². The largest absolute Gasteiger partial charge is 0.476 e. The summed E-state index contributed by atoms with van der Waals surface area (Å²) < 4.78 is 17.2. The molecule has 2 aromatic rings. The molecule has 0 aliphatic carbocycles. The van der Waals surface area contributed by atoms with Crippen LogP contribution in [-0.2, 0) is 25.7 Å². The molecule has 0 spiro atoms. The lowest BCUT2D eigenvalue weighted by Gasteiger charge is -2.34. The molecule has 2 aromatic carbocycles. The predicted molar refractivity (Wildman–Crippen MR) is 142 cm³/mol. The number of carbonyl (C=O) groups is 2. The number of rotatable bonds is 8. The number of piperidine rings is 1. The highest BCUT2D eigenvalue weighted by Crippen LogP contribution is 2.29. The van der Waals surface area contributed by atoms with Crippen LogP contribution in [0.5, 0.6) is 5.75 Å². The Kier molecular flexibility index (Phi) is 8.70. The summed E-state index contributed by atoms with van der Waals surface area (Å²) >= 11 is 0. The first-order valence-electron chi connectivity index (χ1n) is 12.9. The maximum atomic E-state index is 12.8. The van der Waals surface area contributed by atoms with E-state index in [-0.39, 0.29) is 18.5 Å². The molecule has 0 bridgehead atoms. The van der Waals surface area contributed by atoms with E-state index in [0.29, 0.717) is 18.2 Å². The van der Waals surface area contributed by atoms with Crippen molar-refractivity contribution in [3.63, 3.8) is 0 Å². The fourth-order valence-corrected chi connectivity index (χ4v) is 4.16. The topological polar surface area (TPSA) is 65.1 Å². The second-order valence-corrected chi connectivity index (χ2v) is 11.4. The van der Waals surface area contributed by atoms with Crippen molar-refractivity contribution >= 4 is 17.6 Å². The molecule has 0 N–H and O–H groups in total. The van der Waals surface area contributed by atoms with Crippen LogP contribution in [0.15, 0.2) is 48.5 Å². The van der Waals surface area contributed by atoms with E-state index in [9.17, 15) is 9.59 Å². The van der Waals surface area contributed by atoms with Crippen LogP contribution in [0.4, 0.5) is 5.69 Å². The molecular formula is C30H41NO5. The minimum atomic E-state index is -1.13. The van der Waals surface area contributed by atoms with Gasteiger partial charge in [0.15, 0.2) is 5.60 Å². The van der Waals surface area contributed by atoms with E-state index < -0.39 is 17.2 Å². The molecule has 6 heteroatoms. The van der Waals surface area contributed by atoms with Crippen LogP contribution in [-0.4, -0.2) is 36.2 Å². The Morgan fingerprint density at radius 2 is 1.72 bits per heavy atom. The molecule has 1 fully saturated rings. The summed E-state index contributed by atoms with van der Waals surface area (Å²) in [6.07, 6.45) is 1.71. The number of anilines is 1. The Bertz CT molecular complexity index is 1040.